The minimum absolute atomic E-state index is 0.0346. The summed E-state index contributed by atoms with van der Waals surface area (Å²) in [4.78, 5) is 24.2. The Hall–Kier alpha value is -1.45. The summed E-state index contributed by atoms with van der Waals surface area (Å²) in [6.07, 6.45) is -0.978. The van der Waals surface area contributed by atoms with Crippen LogP contribution in [-0.4, -0.2) is 17.9 Å². The van der Waals surface area contributed by atoms with Crippen LogP contribution >= 0.6 is 43.2 Å². The first-order valence-corrected chi connectivity index (χ1v) is 8.75. The molecule has 0 saturated carbocycles. The van der Waals surface area contributed by atoms with Crippen molar-refractivity contribution < 1.29 is 18.7 Å². The van der Waals surface area contributed by atoms with E-state index in [9.17, 15) is 14.0 Å². The number of halogens is 3. The van der Waals surface area contributed by atoms with Crippen molar-refractivity contribution in [2.45, 2.75) is 13.0 Å². The molecule has 0 bridgehead atoms. The molecule has 5 nitrogen and oxygen atoms in total. The summed E-state index contributed by atoms with van der Waals surface area (Å²) in [5.74, 6) is -1.67. The number of rotatable bonds is 4. The van der Waals surface area contributed by atoms with E-state index in [2.05, 4.69) is 42.7 Å². The van der Waals surface area contributed by atoms with Crippen LogP contribution in [0.15, 0.2) is 38.6 Å². The Bertz CT molecular complexity index is 719. The number of carbonyl (C=O) groups is 2. The quantitative estimate of drug-likeness (QED) is 0.677. The number of hydrogen-bond acceptors (Lipinski definition) is 4. The first-order valence-electron chi connectivity index (χ1n) is 6.34. The highest BCUT2D eigenvalue weighted by Gasteiger charge is 2.18. The van der Waals surface area contributed by atoms with Crippen LogP contribution in [0.1, 0.15) is 16.6 Å². The van der Waals surface area contributed by atoms with E-state index in [0.717, 1.165) is 8.26 Å². The predicted octanol–water partition coefficient (Wildman–Crippen LogP) is 3.64. The van der Waals surface area contributed by atoms with E-state index >= 15 is 0 Å². The minimum atomic E-state index is -0.978. The molecule has 1 atom stereocenters. The second-order valence-electron chi connectivity index (χ2n) is 4.37. The van der Waals surface area contributed by atoms with Gasteiger partial charge in [0.15, 0.2) is 17.7 Å². The normalized spacial score (nSPS) is 11.7. The van der Waals surface area contributed by atoms with Gasteiger partial charge in [0.2, 0.25) is 0 Å². The van der Waals surface area contributed by atoms with Crippen LogP contribution in [-0.2, 0) is 4.79 Å². The van der Waals surface area contributed by atoms with Gasteiger partial charge >= 0.3 is 0 Å². The van der Waals surface area contributed by atoms with E-state index in [1.54, 1.807) is 12.1 Å². The number of para-hydroxylation sites is 1. The molecule has 1 aromatic heterocycles. The third kappa shape index (κ3) is 4.76. The highest BCUT2D eigenvalue weighted by Crippen LogP contribution is 2.32. The van der Waals surface area contributed by atoms with Crippen molar-refractivity contribution in [3.63, 3.8) is 0 Å². The molecule has 0 saturated heterocycles. The van der Waals surface area contributed by atoms with Crippen molar-refractivity contribution in [2.24, 2.45) is 0 Å². The number of ether oxygens (including phenoxy) is 1. The molecular weight excluding hydrogens is 455 g/mol. The molecule has 0 fully saturated rings. The zero-order chi connectivity index (χ0) is 17.0. The van der Waals surface area contributed by atoms with Crippen LogP contribution in [0.4, 0.5) is 4.39 Å². The Morgan fingerprint density at radius 1 is 1.26 bits per heavy atom. The Morgan fingerprint density at radius 3 is 2.57 bits per heavy atom. The van der Waals surface area contributed by atoms with Gasteiger partial charge in [-0.25, -0.2) is 4.39 Å². The third-order valence-corrected chi connectivity index (χ3v) is 5.93. The number of amides is 2. The summed E-state index contributed by atoms with van der Waals surface area (Å²) in [7, 11) is 0. The number of carbonyl (C=O) groups excluding carboxylic acids is 2. The summed E-state index contributed by atoms with van der Waals surface area (Å²) >= 11 is 7.77. The average Bonchev–Trinajstić information content (AvgIpc) is 2.86. The highest BCUT2D eigenvalue weighted by atomic mass is 79.9. The molecule has 1 aromatic carbocycles. The Labute approximate surface area is 152 Å². The van der Waals surface area contributed by atoms with Crippen LogP contribution in [0.3, 0.4) is 0 Å². The van der Waals surface area contributed by atoms with Gasteiger partial charge in [0.05, 0.1) is 8.66 Å². The van der Waals surface area contributed by atoms with Gasteiger partial charge in [0.1, 0.15) is 0 Å². The van der Waals surface area contributed by atoms with Crippen LogP contribution in [0.2, 0.25) is 0 Å². The van der Waals surface area contributed by atoms with E-state index in [1.807, 2.05) is 0 Å². The molecule has 2 amide bonds. The fourth-order valence-electron chi connectivity index (χ4n) is 1.52. The second-order valence-corrected chi connectivity index (χ2v) is 7.59. The van der Waals surface area contributed by atoms with E-state index in [0.29, 0.717) is 4.88 Å². The van der Waals surface area contributed by atoms with Crippen molar-refractivity contribution in [2.75, 3.05) is 0 Å². The summed E-state index contributed by atoms with van der Waals surface area (Å²) in [5, 5.41) is 0. The highest BCUT2D eigenvalue weighted by molar-refractivity contribution is 9.13. The fraction of sp³-hybridized carbons (Fsp3) is 0.143. The molecule has 0 aliphatic heterocycles. The van der Waals surface area contributed by atoms with Gasteiger partial charge in [-0.15, -0.1) is 11.3 Å². The van der Waals surface area contributed by atoms with Crippen LogP contribution in [0, 0.1) is 5.82 Å². The monoisotopic (exact) mass is 464 g/mol. The number of benzene rings is 1. The smallest absolute Gasteiger partial charge is 0.279 e. The molecule has 2 rings (SSSR count). The first kappa shape index (κ1) is 17.9. The summed E-state index contributed by atoms with van der Waals surface area (Å²) in [6, 6.07) is 7.38. The Balaban J connectivity index is 1.89. The van der Waals surface area contributed by atoms with Crippen molar-refractivity contribution in [1.82, 2.24) is 10.9 Å². The fourth-order valence-corrected chi connectivity index (χ4v) is 3.46. The lowest BCUT2D eigenvalue weighted by atomic mass is 10.3. The second kappa shape index (κ2) is 7.89. The Kier molecular flexibility index (Phi) is 6.14. The molecule has 0 aliphatic carbocycles. The molecule has 0 spiro atoms. The van der Waals surface area contributed by atoms with E-state index < -0.39 is 23.7 Å². The van der Waals surface area contributed by atoms with Gasteiger partial charge in [0, 0.05) is 4.47 Å². The van der Waals surface area contributed by atoms with Gasteiger partial charge in [-0.2, -0.15) is 0 Å². The molecular formula is C14H11Br2FN2O3S. The van der Waals surface area contributed by atoms with Gasteiger partial charge in [-0.1, -0.05) is 12.1 Å². The number of thiophene rings is 1. The topological polar surface area (TPSA) is 67.4 Å². The first-order chi connectivity index (χ1) is 10.9. The molecule has 0 radical (unpaired) electrons. The van der Waals surface area contributed by atoms with Crippen LogP contribution < -0.4 is 15.6 Å². The van der Waals surface area contributed by atoms with Crippen LogP contribution in [0.25, 0.3) is 0 Å². The van der Waals surface area contributed by atoms with Gasteiger partial charge in [-0.3, -0.25) is 20.4 Å². The minimum Gasteiger partial charge on any atom is -0.478 e. The lowest BCUT2D eigenvalue weighted by Gasteiger charge is -2.15. The summed E-state index contributed by atoms with van der Waals surface area (Å²) < 4.78 is 20.2. The third-order valence-electron chi connectivity index (χ3n) is 2.68. The van der Waals surface area contributed by atoms with Gasteiger partial charge in [0.25, 0.3) is 11.8 Å². The molecule has 2 N–H and O–H groups in total. The van der Waals surface area contributed by atoms with Gasteiger partial charge in [-0.05, 0) is 57.0 Å². The maximum absolute atomic E-state index is 13.5. The molecule has 2 aromatic rings. The summed E-state index contributed by atoms with van der Waals surface area (Å²) in [6.45, 7) is 1.45. The van der Waals surface area contributed by atoms with Gasteiger partial charge < -0.3 is 4.74 Å². The standard InChI is InChI=1S/C14H11Br2FN2O3S/c1-7(22-10-5-3-2-4-9(10)17)13(20)18-19-14(21)11-6-8(15)12(16)23-11/h2-7H,1H3,(H,18,20)(H,19,21)/t7-/m1/s1. The maximum Gasteiger partial charge on any atom is 0.279 e. The number of hydrazine groups is 1. The van der Waals surface area contributed by atoms with Crippen molar-refractivity contribution in [1.29, 1.82) is 0 Å². The molecule has 0 unspecified atom stereocenters. The Morgan fingerprint density at radius 2 is 1.96 bits per heavy atom. The largest absolute Gasteiger partial charge is 0.478 e. The number of nitrogens with one attached hydrogen (secondary N) is 2. The zero-order valence-corrected chi connectivity index (χ0v) is 15.7. The maximum atomic E-state index is 13.5. The predicted molar refractivity (Wildman–Crippen MR) is 91.8 cm³/mol. The molecule has 9 heteroatoms. The molecule has 0 aliphatic rings. The molecule has 1 heterocycles. The average molecular weight is 466 g/mol. The SMILES string of the molecule is C[C@@H](Oc1ccccc1F)C(=O)NNC(=O)c1cc(Br)c(Br)s1. The molecule has 23 heavy (non-hydrogen) atoms. The van der Waals surface area contributed by atoms with Crippen molar-refractivity contribution in [3.05, 3.63) is 49.3 Å². The summed E-state index contributed by atoms with van der Waals surface area (Å²) in [5.41, 5.74) is 4.52. The van der Waals surface area contributed by atoms with Crippen LogP contribution in [0.5, 0.6) is 5.75 Å². The lowest BCUT2D eigenvalue weighted by molar-refractivity contribution is -0.128. The van der Waals surface area contributed by atoms with Crippen molar-refractivity contribution in [3.8, 4) is 5.75 Å². The lowest BCUT2D eigenvalue weighted by Crippen LogP contribution is -2.47. The number of hydrogen-bond donors (Lipinski definition) is 2. The van der Waals surface area contributed by atoms with E-state index in [-0.39, 0.29) is 5.75 Å². The van der Waals surface area contributed by atoms with E-state index in [1.165, 1.54) is 36.5 Å². The van der Waals surface area contributed by atoms with Crippen molar-refractivity contribution >= 4 is 55.0 Å². The van der Waals surface area contributed by atoms with E-state index in [4.69, 9.17) is 4.74 Å². The molecule has 122 valence electrons. The zero-order valence-electron chi connectivity index (χ0n) is 11.7.